The van der Waals surface area contributed by atoms with Gasteiger partial charge in [-0.15, -0.1) is 0 Å². The second kappa shape index (κ2) is 6.02. The summed E-state index contributed by atoms with van der Waals surface area (Å²) in [4.78, 5) is 0. The molecule has 0 radical (unpaired) electrons. The summed E-state index contributed by atoms with van der Waals surface area (Å²) in [6.45, 7) is 2.28. The molecule has 0 heterocycles. The molecule has 0 spiro atoms. The molecule has 1 aromatic carbocycles. The van der Waals surface area contributed by atoms with E-state index < -0.39 is 0 Å². The van der Waals surface area contributed by atoms with Gasteiger partial charge < -0.3 is 4.74 Å². The van der Waals surface area contributed by atoms with Crippen LogP contribution < -0.4 is 4.74 Å². The molecule has 3 heteroatoms. The van der Waals surface area contributed by atoms with Gasteiger partial charge in [-0.3, -0.25) is 0 Å². The summed E-state index contributed by atoms with van der Waals surface area (Å²) < 4.78 is 18.3. The summed E-state index contributed by atoms with van der Waals surface area (Å²) in [6, 6.07) is 6.78. The van der Waals surface area contributed by atoms with Gasteiger partial charge >= 0.3 is 0 Å². The molecule has 0 fully saturated rings. The predicted molar refractivity (Wildman–Crippen MR) is 56.1 cm³/mol. The number of benzene rings is 1. The number of hydrogen-bond acceptors (Lipinski definition) is 2. The van der Waals surface area contributed by atoms with Crippen molar-refractivity contribution in [1.82, 2.24) is 0 Å². The minimum absolute atomic E-state index is 0.216. The Morgan fingerprint density at radius 3 is 2.87 bits per heavy atom. The topological polar surface area (TPSA) is 33.0 Å². The number of rotatable bonds is 5. The number of ether oxygens (including phenoxy) is 1. The van der Waals surface area contributed by atoms with Crippen LogP contribution >= 0.6 is 0 Å². The van der Waals surface area contributed by atoms with Crippen molar-refractivity contribution in [2.24, 2.45) is 0 Å². The molecule has 0 aromatic heterocycles. The summed E-state index contributed by atoms with van der Waals surface area (Å²) >= 11 is 0. The van der Waals surface area contributed by atoms with Crippen molar-refractivity contribution >= 4 is 0 Å². The van der Waals surface area contributed by atoms with Gasteiger partial charge in [-0.05, 0) is 43.5 Å². The zero-order valence-corrected chi connectivity index (χ0v) is 8.79. The Balaban J connectivity index is 2.32. The van der Waals surface area contributed by atoms with Gasteiger partial charge in [-0.25, -0.2) is 4.39 Å². The van der Waals surface area contributed by atoms with Crippen molar-refractivity contribution in [2.45, 2.75) is 26.2 Å². The van der Waals surface area contributed by atoms with E-state index in [9.17, 15) is 4.39 Å². The van der Waals surface area contributed by atoms with Gasteiger partial charge in [0.15, 0.2) is 0 Å². The molecule has 80 valence electrons. The Kier molecular flexibility index (Phi) is 4.62. The molecule has 0 bridgehead atoms. The van der Waals surface area contributed by atoms with E-state index >= 15 is 0 Å². The normalized spacial score (nSPS) is 9.67. The Bertz CT molecular complexity index is 357. The van der Waals surface area contributed by atoms with E-state index in [0.29, 0.717) is 24.3 Å². The van der Waals surface area contributed by atoms with Crippen LogP contribution in [-0.2, 0) is 0 Å². The standard InChI is InChI=1S/C12H14FNO/c1-10-9-11(5-6-12(10)13)15-8-4-2-3-7-14/h5-6,9H,2-4,8H2,1H3. The quantitative estimate of drug-likeness (QED) is 0.694. The van der Waals surface area contributed by atoms with Gasteiger partial charge in [0.25, 0.3) is 0 Å². The zero-order chi connectivity index (χ0) is 11.1. The predicted octanol–water partition coefficient (Wildman–Crippen LogP) is 3.21. The summed E-state index contributed by atoms with van der Waals surface area (Å²) in [6.07, 6.45) is 2.26. The average molecular weight is 207 g/mol. The first kappa shape index (κ1) is 11.5. The van der Waals surface area contributed by atoms with E-state index in [0.717, 1.165) is 12.8 Å². The molecule has 0 N–H and O–H groups in total. The van der Waals surface area contributed by atoms with Crippen molar-refractivity contribution in [3.8, 4) is 11.8 Å². The van der Waals surface area contributed by atoms with Crippen molar-refractivity contribution in [2.75, 3.05) is 6.61 Å². The Labute approximate surface area is 89.3 Å². The first-order valence-corrected chi connectivity index (χ1v) is 5.00. The van der Waals surface area contributed by atoms with E-state index in [4.69, 9.17) is 10.00 Å². The highest BCUT2D eigenvalue weighted by Crippen LogP contribution is 2.16. The maximum Gasteiger partial charge on any atom is 0.126 e. The van der Waals surface area contributed by atoms with Crippen LogP contribution in [-0.4, -0.2) is 6.61 Å². The van der Waals surface area contributed by atoms with Crippen LogP contribution in [0.15, 0.2) is 18.2 Å². The summed E-state index contributed by atoms with van der Waals surface area (Å²) in [5.74, 6) is 0.470. The molecule has 0 saturated carbocycles. The first-order chi connectivity index (χ1) is 7.24. The Morgan fingerprint density at radius 1 is 1.40 bits per heavy atom. The minimum atomic E-state index is -0.216. The lowest BCUT2D eigenvalue weighted by molar-refractivity contribution is 0.307. The van der Waals surface area contributed by atoms with Crippen LogP contribution in [0.5, 0.6) is 5.75 Å². The van der Waals surface area contributed by atoms with E-state index in [-0.39, 0.29) is 5.82 Å². The summed E-state index contributed by atoms with van der Waals surface area (Å²) in [7, 11) is 0. The van der Waals surface area contributed by atoms with Crippen LogP contribution in [0, 0.1) is 24.1 Å². The molecule has 0 amide bonds. The fourth-order valence-corrected chi connectivity index (χ4v) is 1.20. The maximum atomic E-state index is 12.9. The van der Waals surface area contributed by atoms with Crippen LogP contribution in [0.1, 0.15) is 24.8 Å². The van der Waals surface area contributed by atoms with Crippen LogP contribution in [0.2, 0.25) is 0 Å². The van der Waals surface area contributed by atoms with Gasteiger partial charge in [0, 0.05) is 6.42 Å². The SMILES string of the molecule is Cc1cc(OCCCCC#N)ccc1F. The van der Waals surface area contributed by atoms with Crippen LogP contribution in [0.3, 0.4) is 0 Å². The van der Waals surface area contributed by atoms with Crippen molar-refractivity contribution < 1.29 is 9.13 Å². The number of aryl methyl sites for hydroxylation is 1. The molecule has 0 aliphatic rings. The molecule has 0 saturated heterocycles. The number of hydrogen-bond donors (Lipinski definition) is 0. The largest absolute Gasteiger partial charge is 0.494 e. The lowest BCUT2D eigenvalue weighted by atomic mass is 10.2. The van der Waals surface area contributed by atoms with Gasteiger partial charge in [-0.1, -0.05) is 0 Å². The van der Waals surface area contributed by atoms with Gasteiger partial charge in [0.1, 0.15) is 11.6 Å². The molecular weight excluding hydrogens is 193 g/mol. The third kappa shape index (κ3) is 3.99. The van der Waals surface area contributed by atoms with E-state index in [2.05, 4.69) is 6.07 Å². The Hall–Kier alpha value is -1.56. The van der Waals surface area contributed by atoms with Crippen molar-refractivity contribution in [3.05, 3.63) is 29.6 Å². The maximum absolute atomic E-state index is 12.9. The van der Waals surface area contributed by atoms with Gasteiger partial charge in [0.2, 0.25) is 0 Å². The number of nitrogens with zero attached hydrogens (tertiary/aromatic N) is 1. The molecule has 0 atom stereocenters. The number of halogens is 1. The van der Waals surface area contributed by atoms with Gasteiger partial charge in [-0.2, -0.15) is 5.26 Å². The monoisotopic (exact) mass is 207 g/mol. The van der Waals surface area contributed by atoms with Crippen molar-refractivity contribution in [1.29, 1.82) is 5.26 Å². The number of unbranched alkanes of at least 4 members (excludes halogenated alkanes) is 2. The molecule has 0 aliphatic carbocycles. The molecule has 2 nitrogen and oxygen atoms in total. The fourth-order valence-electron chi connectivity index (χ4n) is 1.20. The molecule has 15 heavy (non-hydrogen) atoms. The van der Waals surface area contributed by atoms with E-state index in [1.165, 1.54) is 6.07 Å². The summed E-state index contributed by atoms with van der Waals surface area (Å²) in [5, 5.41) is 8.32. The number of nitriles is 1. The fraction of sp³-hybridized carbons (Fsp3) is 0.417. The summed E-state index contributed by atoms with van der Waals surface area (Å²) in [5.41, 5.74) is 0.588. The smallest absolute Gasteiger partial charge is 0.126 e. The van der Waals surface area contributed by atoms with Gasteiger partial charge in [0.05, 0.1) is 12.7 Å². The highest BCUT2D eigenvalue weighted by molar-refractivity contribution is 5.28. The first-order valence-electron chi connectivity index (χ1n) is 5.00. The highest BCUT2D eigenvalue weighted by Gasteiger charge is 1.99. The average Bonchev–Trinajstić information content (AvgIpc) is 2.23. The van der Waals surface area contributed by atoms with E-state index in [1.807, 2.05) is 0 Å². The zero-order valence-electron chi connectivity index (χ0n) is 8.79. The molecular formula is C12H14FNO. The minimum Gasteiger partial charge on any atom is -0.494 e. The third-order valence-corrected chi connectivity index (χ3v) is 2.08. The Morgan fingerprint density at radius 2 is 2.20 bits per heavy atom. The lowest BCUT2D eigenvalue weighted by Gasteiger charge is -2.06. The lowest BCUT2D eigenvalue weighted by Crippen LogP contribution is -1.97. The molecule has 0 unspecified atom stereocenters. The van der Waals surface area contributed by atoms with Crippen molar-refractivity contribution in [3.63, 3.8) is 0 Å². The molecule has 1 aromatic rings. The van der Waals surface area contributed by atoms with Crippen LogP contribution in [0.4, 0.5) is 4.39 Å². The van der Waals surface area contributed by atoms with E-state index in [1.54, 1.807) is 19.1 Å². The molecule has 0 aliphatic heterocycles. The second-order valence-electron chi connectivity index (χ2n) is 3.37. The second-order valence-corrected chi connectivity index (χ2v) is 3.37. The molecule has 1 rings (SSSR count). The van der Waals surface area contributed by atoms with Crippen LogP contribution in [0.25, 0.3) is 0 Å². The highest BCUT2D eigenvalue weighted by atomic mass is 19.1. The third-order valence-electron chi connectivity index (χ3n) is 2.08.